The number of H-pyrrole nitrogens is 1. The van der Waals surface area contributed by atoms with Crippen LogP contribution in [-0.4, -0.2) is 34.2 Å². The smallest absolute Gasteiger partial charge is 0.225 e. The number of aryl methyl sites for hydroxylation is 1. The summed E-state index contributed by atoms with van der Waals surface area (Å²) in [6.45, 7) is 4.56. The molecule has 1 amide bonds. The average molecular weight is 528 g/mol. The van der Waals surface area contributed by atoms with Gasteiger partial charge in [0, 0.05) is 30.6 Å². The van der Waals surface area contributed by atoms with Gasteiger partial charge in [-0.3, -0.25) is 9.89 Å². The van der Waals surface area contributed by atoms with E-state index in [0.29, 0.717) is 35.9 Å². The molecular weight excluding hydrogens is 489 g/mol. The number of nitrogens with one attached hydrogen (secondary N) is 2. The highest BCUT2D eigenvalue weighted by Gasteiger charge is 2.57. The van der Waals surface area contributed by atoms with E-state index in [1.165, 1.54) is 41.6 Å². The average Bonchev–Trinajstić information content (AvgIpc) is 3.53. The Balaban J connectivity index is 1.07. The molecule has 4 aliphatic rings. The van der Waals surface area contributed by atoms with Gasteiger partial charge in [-0.2, -0.15) is 5.10 Å². The van der Waals surface area contributed by atoms with Crippen LogP contribution in [0.25, 0.3) is 0 Å². The molecule has 2 N–H and O–H groups in total. The molecule has 7 rings (SSSR count). The molecular formula is C32H38FN5O. The number of amides is 1. The summed E-state index contributed by atoms with van der Waals surface area (Å²) < 4.78 is 14.0. The molecule has 1 saturated heterocycles. The number of hydrogen-bond acceptors (Lipinski definition) is 4. The maximum Gasteiger partial charge on any atom is 0.225 e. The van der Waals surface area contributed by atoms with Crippen LogP contribution in [0.4, 0.5) is 15.9 Å². The standard InChI is InChI=1S/C32H38FN5O/c1-32-14-13-24-23-9-6-21(33)17-20(23)5-8-25(24)30(32)26(27-19-35-37-31(27)32)10-12-29(39)36-28-11-7-22(18-34-28)38-15-3-2-4-16-38/h6-7,9,11,17-19,24-26,30H,2-5,8,10,12-16H2,1H3,(H,35,37)(H,34,36,39)/t24?,25?,26-,30?,32+/m1/s1. The van der Waals surface area contributed by atoms with E-state index in [2.05, 4.69) is 38.4 Å². The Hall–Kier alpha value is -3.22. The molecule has 3 unspecified atom stereocenters. The Bertz CT molecular complexity index is 1360. The first kappa shape index (κ1) is 24.8. The lowest BCUT2D eigenvalue weighted by Crippen LogP contribution is -2.44. The maximum absolute atomic E-state index is 14.0. The SMILES string of the molecule is C[C@]12CCC3c4ccc(F)cc4CCC3C1[C@H](CCC(=O)Nc1ccc(N3CCCCC3)cn1)c1cn[nH]c12. The zero-order valence-electron chi connectivity index (χ0n) is 22.8. The second-order valence-corrected chi connectivity index (χ2v) is 12.5. The third-order valence-electron chi connectivity index (χ3n) is 10.4. The fourth-order valence-corrected chi connectivity index (χ4v) is 8.69. The van der Waals surface area contributed by atoms with Crippen molar-refractivity contribution in [1.29, 1.82) is 0 Å². The number of fused-ring (bicyclic) bond motifs is 7. The molecule has 0 radical (unpaired) electrons. The summed E-state index contributed by atoms with van der Waals surface area (Å²) in [7, 11) is 0. The summed E-state index contributed by atoms with van der Waals surface area (Å²) in [5.74, 6) is 2.24. The topological polar surface area (TPSA) is 73.9 Å². The van der Waals surface area contributed by atoms with E-state index < -0.39 is 0 Å². The van der Waals surface area contributed by atoms with Crippen molar-refractivity contribution in [3.05, 3.63) is 70.9 Å². The van der Waals surface area contributed by atoms with Gasteiger partial charge in [-0.1, -0.05) is 13.0 Å². The number of carbonyl (C=O) groups excluding carboxylic acids is 1. The van der Waals surface area contributed by atoms with Gasteiger partial charge in [0.15, 0.2) is 0 Å². The van der Waals surface area contributed by atoms with E-state index in [4.69, 9.17) is 0 Å². The highest BCUT2D eigenvalue weighted by Crippen LogP contribution is 2.64. The van der Waals surface area contributed by atoms with Crippen molar-refractivity contribution in [2.45, 2.75) is 82.0 Å². The predicted octanol–water partition coefficient (Wildman–Crippen LogP) is 6.46. The first-order valence-electron chi connectivity index (χ1n) is 14.8. The number of halogens is 1. The first-order chi connectivity index (χ1) is 19.0. The molecule has 3 aliphatic carbocycles. The largest absolute Gasteiger partial charge is 0.370 e. The number of aromatic nitrogens is 3. The number of anilines is 2. The van der Waals surface area contributed by atoms with Crippen LogP contribution >= 0.6 is 0 Å². The molecule has 204 valence electrons. The Morgan fingerprint density at radius 1 is 1.13 bits per heavy atom. The quantitative estimate of drug-likeness (QED) is 0.399. The van der Waals surface area contributed by atoms with Gasteiger partial charge >= 0.3 is 0 Å². The summed E-state index contributed by atoms with van der Waals surface area (Å²) in [6.07, 6.45) is 13.1. The fraction of sp³-hybridized carbons (Fsp3) is 0.531. The van der Waals surface area contributed by atoms with Crippen LogP contribution in [-0.2, 0) is 16.6 Å². The molecule has 1 aromatic carbocycles. The van der Waals surface area contributed by atoms with Crippen LogP contribution in [0.5, 0.6) is 0 Å². The molecule has 3 aromatic rings. The fourth-order valence-electron chi connectivity index (χ4n) is 8.69. The van der Waals surface area contributed by atoms with Gasteiger partial charge in [0.05, 0.1) is 18.1 Å². The molecule has 6 nitrogen and oxygen atoms in total. The Morgan fingerprint density at radius 3 is 2.82 bits per heavy atom. The van der Waals surface area contributed by atoms with Crippen molar-refractivity contribution in [3.8, 4) is 0 Å². The minimum Gasteiger partial charge on any atom is -0.370 e. The normalized spacial score (nSPS) is 29.2. The third kappa shape index (κ3) is 4.25. The van der Waals surface area contributed by atoms with E-state index in [9.17, 15) is 9.18 Å². The van der Waals surface area contributed by atoms with Crippen molar-refractivity contribution in [3.63, 3.8) is 0 Å². The van der Waals surface area contributed by atoms with Crippen LogP contribution < -0.4 is 10.2 Å². The van der Waals surface area contributed by atoms with Gasteiger partial charge in [-0.15, -0.1) is 0 Å². The lowest BCUT2D eigenvalue weighted by Gasteiger charge is -2.50. The Kier molecular flexibility index (Phi) is 6.20. The molecule has 0 bridgehead atoms. The van der Waals surface area contributed by atoms with Crippen LogP contribution in [0.1, 0.15) is 92.5 Å². The zero-order valence-corrected chi connectivity index (χ0v) is 22.8. The summed E-state index contributed by atoms with van der Waals surface area (Å²) >= 11 is 0. The highest BCUT2D eigenvalue weighted by atomic mass is 19.1. The molecule has 39 heavy (non-hydrogen) atoms. The molecule has 0 spiro atoms. The second kappa shape index (κ2) is 9.76. The van der Waals surface area contributed by atoms with E-state index in [0.717, 1.165) is 50.9 Å². The molecule has 5 atom stereocenters. The van der Waals surface area contributed by atoms with Crippen LogP contribution in [0.3, 0.4) is 0 Å². The Labute approximate surface area is 229 Å². The number of pyridine rings is 1. The Morgan fingerprint density at radius 2 is 2.00 bits per heavy atom. The summed E-state index contributed by atoms with van der Waals surface area (Å²) in [6, 6.07) is 9.41. The second-order valence-electron chi connectivity index (χ2n) is 12.5. The minimum absolute atomic E-state index is 0.0173. The van der Waals surface area contributed by atoms with Crippen LogP contribution in [0.2, 0.25) is 0 Å². The van der Waals surface area contributed by atoms with E-state index >= 15 is 0 Å². The van der Waals surface area contributed by atoms with Crippen molar-refractivity contribution in [1.82, 2.24) is 15.2 Å². The molecule has 2 fully saturated rings. The number of benzene rings is 1. The number of hydrogen-bond donors (Lipinski definition) is 2. The third-order valence-corrected chi connectivity index (χ3v) is 10.4. The van der Waals surface area contributed by atoms with Gasteiger partial charge in [-0.05, 0) is 116 Å². The summed E-state index contributed by atoms with van der Waals surface area (Å²) in [5, 5.41) is 10.8. The number of carbonyl (C=O) groups is 1. The lowest BCUT2D eigenvalue weighted by molar-refractivity contribution is -0.116. The van der Waals surface area contributed by atoms with Gasteiger partial charge < -0.3 is 10.2 Å². The zero-order chi connectivity index (χ0) is 26.6. The van der Waals surface area contributed by atoms with Gasteiger partial charge in [0.25, 0.3) is 0 Å². The van der Waals surface area contributed by atoms with Crippen molar-refractivity contribution in [2.24, 2.45) is 11.8 Å². The van der Waals surface area contributed by atoms with Gasteiger partial charge in [0.1, 0.15) is 11.6 Å². The minimum atomic E-state index is -0.130. The van der Waals surface area contributed by atoms with Crippen molar-refractivity contribution < 1.29 is 9.18 Å². The number of nitrogens with zero attached hydrogens (tertiary/aromatic N) is 3. The van der Waals surface area contributed by atoms with Crippen LogP contribution in [0, 0.1) is 17.7 Å². The number of piperidine rings is 1. The monoisotopic (exact) mass is 527 g/mol. The van der Waals surface area contributed by atoms with E-state index in [1.54, 1.807) is 12.1 Å². The number of rotatable bonds is 5. The maximum atomic E-state index is 14.0. The van der Waals surface area contributed by atoms with Crippen molar-refractivity contribution in [2.75, 3.05) is 23.3 Å². The molecule has 2 aromatic heterocycles. The number of aromatic amines is 1. The van der Waals surface area contributed by atoms with Gasteiger partial charge in [-0.25, -0.2) is 9.37 Å². The molecule has 7 heteroatoms. The van der Waals surface area contributed by atoms with E-state index in [-0.39, 0.29) is 17.1 Å². The molecule has 1 saturated carbocycles. The summed E-state index contributed by atoms with van der Waals surface area (Å²) in [4.78, 5) is 20.0. The predicted molar refractivity (Wildman–Crippen MR) is 151 cm³/mol. The first-order valence-corrected chi connectivity index (χ1v) is 14.8. The highest BCUT2D eigenvalue weighted by molar-refractivity contribution is 5.89. The molecule has 3 heterocycles. The van der Waals surface area contributed by atoms with Crippen molar-refractivity contribution >= 4 is 17.4 Å². The summed E-state index contributed by atoms with van der Waals surface area (Å²) in [5.41, 5.74) is 6.28. The molecule has 1 aliphatic heterocycles. The van der Waals surface area contributed by atoms with Crippen LogP contribution in [0.15, 0.2) is 42.7 Å². The van der Waals surface area contributed by atoms with Gasteiger partial charge in [0.2, 0.25) is 5.91 Å². The lowest BCUT2D eigenvalue weighted by atomic mass is 9.53. The van der Waals surface area contributed by atoms with E-state index in [1.807, 2.05) is 24.5 Å².